The van der Waals surface area contributed by atoms with Crippen LogP contribution in [0.4, 0.5) is 0 Å². The van der Waals surface area contributed by atoms with E-state index in [1.807, 2.05) is 30.3 Å². The molecule has 0 aromatic heterocycles. The highest BCUT2D eigenvalue weighted by Crippen LogP contribution is 2.00. The molecule has 1 aromatic carbocycles. The van der Waals surface area contributed by atoms with Crippen LogP contribution in [0.5, 0.6) is 0 Å². The predicted octanol–water partition coefficient (Wildman–Crippen LogP) is 1.54. The summed E-state index contributed by atoms with van der Waals surface area (Å²) >= 11 is 0. The molecule has 0 saturated carbocycles. The van der Waals surface area contributed by atoms with Crippen LogP contribution >= 0.6 is 0 Å². The van der Waals surface area contributed by atoms with Crippen LogP contribution in [0.2, 0.25) is 0 Å². The lowest BCUT2D eigenvalue weighted by atomic mass is 10.2. The second kappa shape index (κ2) is 5.21. The summed E-state index contributed by atoms with van der Waals surface area (Å²) in [5.41, 5.74) is 6.02. The summed E-state index contributed by atoms with van der Waals surface area (Å²) in [4.78, 5) is 0. The Balaban J connectivity index is 2.45. The van der Waals surface area contributed by atoms with Gasteiger partial charge in [0.1, 0.15) is 0 Å². The van der Waals surface area contributed by atoms with Gasteiger partial charge in [0.25, 0.3) is 0 Å². The molecule has 2 heteroatoms. The van der Waals surface area contributed by atoms with Crippen molar-refractivity contribution in [3.63, 3.8) is 0 Å². The lowest BCUT2D eigenvalue weighted by molar-refractivity contribution is 0.323. The van der Waals surface area contributed by atoms with Gasteiger partial charge in [0, 0.05) is 0 Å². The van der Waals surface area contributed by atoms with Crippen LogP contribution in [0, 0.1) is 23.9 Å². The number of benzene rings is 1. The van der Waals surface area contributed by atoms with E-state index in [-0.39, 0.29) is 0 Å². The van der Waals surface area contributed by atoms with Gasteiger partial charge < -0.3 is 4.43 Å². The van der Waals surface area contributed by atoms with E-state index in [9.17, 15) is 0 Å². The smallest absolute Gasteiger partial charge is 0.391 e. The third-order valence-corrected chi connectivity index (χ3v) is 2.45. The van der Waals surface area contributed by atoms with Gasteiger partial charge in [-0.2, -0.15) is 0 Å². The quantitative estimate of drug-likeness (QED) is 0.512. The van der Waals surface area contributed by atoms with Crippen LogP contribution in [-0.2, 0) is 11.0 Å². The summed E-state index contributed by atoms with van der Waals surface area (Å²) in [7, 11) is -1.47. The number of hydrogen-bond acceptors (Lipinski definition) is 1. The lowest BCUT2D eigenvalue weighted by Crippen LogP contribution is -2.13. The highest BCUT2D eigenvalue weighted by molar-refractivity contribution is 6.69. The molecule has 0 fully saturated rings. The monoisotopic (exact) mass is 185 g/mol. The van der Waals surface area contributed by atoms with E-state index in [4.69, 9.17) is 17.3 Å². The van der Waals surface area contributed by atoms with Gasteiger partial charge in [0.15, 0.2) is 0 Å². The van der Waals surface area contributed by atoms with E-state index >= 15 is 0 Å². The summed E-state index contributed by atoms with van der Waals surface area (Å²) in [6, 6.07) is 9.82. The molecule has 0 atom stereocenters. The summed E-state index contributed by atoms with van der Waals surface area (Å²) in [5.74, 6) is 0. The van der Waals surface area contributed by atoms with Crippen LogP contribution in [0.1, 0.15) is 5.56 Å². The molecular weight excluding hydrogens is 176 g/mol. The van der Waals surface area contributed by atoms with E-state index in [2.05, 4.69) is 11.1 Å². The Labute approximate surface area is 80.5 Å². The molecule has 0 aliphatic heterocycles. The minimum absolute atomic E-state index is 0.504. The predicted molar refractivity (Wildman–Crippen MR) is 54.7 cm³/mol. The van der Waals surface area contributed by atoms with Crippen molar-refractivity contribution < 1.29 is 4.43 Å². The maximum absolute atomic E-state index is 5.36. The van der Waals surface area contributed by atoms with Crippen LogP contribution in [-0.4, -0.2) is 9.04 Å². The maximum atomic E-state index is 5.36. The molecule has 1 radical (unpaired) electrons. The molecule has 1 nitrogen and oxygen atoms in total. The summed E-state index contributed by atoms with van der Waals surface area (Å²) < 4.78 is 5.36. The largest absolute Gasteiger partial charge is 0.396 e. The van der Waals surface area contributed by atoms with Gasteiger partial charge in [0.2, 0.25) is 0 Å². The van der Waals surface area contributed by atoms with E-state index in [0.717, 1.165) is 5.56 Å². The molecule has 0 heterocycles. The van der Waals surface area contributed by atoms with E-state index in [1.165, 1.54) is 0 Å². The van der Waals surface area contributed by atoms with Gasteiger partial charge in [-0.3, -0.25) is 0 Å². The van der Waals surface area contributed by atoms with E-state index < -0.39 is 9.04 Å². The van der Waals surface area contributed by atoms with Gasteiger partial charge in [0.05, 0.1) is 6.61 Å². The normalized spacial score (nSPS) is 9.15. The van der Waals surface area contributed by atoms with Crippen LogP contribution in [0.25, 0.3) is 0 Å². The third-order valence-electron chi connectivity index (χ3n) is 1.49. The Bertz CT molecular complexity index is 317. The van der Waals surface area contributed by atoms with Crippen molar-refractivity contribution in [2.45, 2.75) is 6.61 Å². The number of terminal acetylenes is 2. The van der Waals surface area contributed by atoms with Crippen molar-refractivity contribution in [1.29, 1.82) is 0 Å². The van der Waals surface area contributed by atoms with Gasteiger partial charge in [-0.05, 0) is 5.56 Å². The van der Waals surface area contributed by atoms with Crippen molar-refractivity contribution in [3.05, 3.63) is 35.9 Å². The lowest BCUT2D eigenvalue weighted by Gasteiger charge is -2.03. The van der Waals surface area contributed by atoms with Crippen molar-refractivity contribution in [2.24, 2.45) is 0 Å². The molecule has 1 rings (SSSR count). The zero-order valence-electron chi connectivity index (χ0n) is 7.16. The van der Waals surface area contributed by atoms with Gasteiger partial charge in [-0.1, -0.05) is 41.4 Å². The molecule has 13 heavy (non-hydrogen) atoms. The summed E-state index contributed by atoms with van der Waals surface area (Å²) in [5, 5.41) is 0. The Hall–Kier alpha value is -1.48. The maximum Gasteiger partial charge on any atom is 0.396 e. The molecule has 0 aliphatic rings. The zero-order valence-corrected chi connectivity index (χ0v) is 8.16. The van der Waals surface area contributed by atoms with E-state index in [1.54, 1.807) is 0 Å². The first-order valence-corrected chi connectivity index (χ1v) is 5.24. The molecule has 0 saturated heterocycles. The molecule has 0 aliphatic carbocycles. The number of hydrogen-bond donors (Lipinski definition) is 0. The molecule has 63 valence electrons. The summed E-state index contributed by atoms with van der Waals surface area (Å²) in [6.45, 7) is 0.504. The minimum Gasteiger partial charge on any atom is -0.391 e. The Morgan fingerprint density at radius 2 is 1.77 bits per heavy atom. The second-order valence-electron chi connectivity index (χ2n) is 2.39. The average molecular weight is 185 g/mol. The van der Waals surface area contributed by atoms with Gasteiger partial charge >= 0.3 is 9.04 Å². The first-order chi connectivity index (χ1) is 6.36. The molecule has 0 N–H and O–H groups in total. The Kier molecular flexibility index (Phi) is 3.85. The second-order valence-corrected chi connectivity index (χ2v) is 3.92. The molecule has 0 bridgehead atoms. The number of rotatable bonds is 3. The fourth-order valence-corrected chi connectivity index (χ4v) is 1.42. The fraction of sp³-hybridized carbons (Fsp3) is 0.0909. The first-order valence-electron chi connectivity index (χ1n) is 3.83. The summed E-state index contributed by atoms with van der Waals surface area (Å²) in [6.07, 6.45) is 10.4. The van der Waals surface area contributed by atoms with Crippen molar-refractivity contribution in [1.82, 2.24) is 0 Å². The topological polar surface area (TPSA) is 9.23 Å². The van der Waals surface area contributed by atoms with Crippen LogP contribution in [0.15, 0.2) is 30.3 Å². The van der Waals surface area contributed by atoms with Crippen LogP contribution < -0.4 is 0 Å². The van der Waals surface area contributed by atoms with Gasteiger partial charge in [-0.25, -0.2) is 0 Å². The third kappa shape index (κ3) is 3.17. The minimum atomic E-state index is -1.47. The van der Waals surface area contributed by atoms with E-state index in [0.29, 0.717) is 6.61 Å². The first kappa shape index (κ1) is 9.60. The SMILES string of the molecule is C#C[Si](C#C)OCc1ccccc1. The Morgan fingerprint density at radius 3 is 2.31 bits per heavy atom. The molecule has 0 spiro atoms. The van der Waals surface area contributed by atoms with Crippen LogP contribution in [0.3, 0.4) is 0 Å². The standard InChI is InChI=1S/C11H9OSi/c1-3-13(4-2)12-10-11-8-6-5-7-9-11/h1-2,5-9H,10H2. The zero-order chi connectivity index (χ0) is 9.52. The van der Waals surface area contributed by atoms with Crippen molar-refractivity contribution in [3.8, 4) is 23.9 Å². The average Bonchev–Trinajstić information content (AvgIpc) is 2.21. The molecule has 0 amide bonds. The molecule has 1 aromatic rings. The highest BCUT2D eigenvalue weighted by atomic mass is 28.3. The molecular formula is C11H9OSi. The highest BCUT2D eigenvalue weighted by Gasteiger charge is 2.05. The Morgan fingerprint density at radius 1 is 1.15 bits per heavy atom. The van der Waals surface area contributed by atoms with Crippen molar-refractivity contribution in [2.75, 3.05) is 0 Å². The fourth-order valence-electron chi connectivity index (χ4n) is 0.855. The van der Waals surface area contributed by atoms with Crippen molar-refractivity contribution >= 4 is 9.04 Å². The molecule has 0 unspecified atom stereocenters. The van der Waals surface area contributed by atoms with Gasteiger partial charge in [-0.15, -0.1) is 12.8 Å².